The van der Waals surface area contributed by atoms with Crippen molar-refractivity contribution in [3.05, 3.63) is 94.2 Å². The SMILES string of the molecule is O=C(Nc1cc(F)c(F)c(F)c1)c1c(Cl)c(S(=O)(=O)N2C3CCC2CC(O)(c2cc(-c4ccccc4)on2)C3)c2n1CCCC=C2. The molecule has 0 aliphatic carbocycles. The van der Waals surface area contributed by atoms with Crippen molar-refractivity contribution in [1.29, 1.82) is 0 Å². The van der Waals surface area contributed by atoms with Crippen molar-refractivity contribution in [2.75, 3.05) is 5.32 Å². The van der Waals surface area contributed by atoms with Gasteiger partial charge in [0.1, 0.15) is 21.9 Å². The zero-order valence-corrected chi connectivity index (χ0v) is 25.8. The van der Waals surface area contributed by atoms with Crippen LogP contribution in [0.3, 0.4) is 0 Å². The summed E-state index contributed by atoms with van der Waals surface area (Å²) in [5, 5.41) is 17.9. The Morgan fingerprint density at radius 1 is 1.07 bits per heavy atom. The molecule has 2 bridgehead atoms. The van der Waals surface area contributed by atoms with Crippen LogP contribution in [-0.2, 0) is 22.2 Å². The number of amides is 1. The van der Waals surface area contributed by atoms with Crippen LogP contribution in [0.25, 0.3) is 17.4 Å². The van der Waals surface area contributed by atoms with E-state index in [1.165, 1.54) is 8.87 Å². The second-order valence-corrected chi connectivity index (χ2v) is 14.0. The van der Waals surface area contributed by atoms with Crippen molar-refractivity contribution in [2.24, 2.45) is 0 Å². The molecule has 5 heterocycles. The second kappa shape index (κ2) is 11.4. The van der Waals surface area contributed by atoms with Crippen molar-refractivity contribution in [3.63, 3.8) is 0 Å². The fourth-order valence-electron chi connectivity index (χ4n) is 6.95. The van der Waals surface area contributed by atoms with Gasteiger partial charge in [-0.25, -0.2) is 21.6 Å². The molecule has 3 aliphatic rings. The van der Waals surface area contributed by atoms with Crippen LogP contribution in [0.5, 0.6) is 0 Å². The van der Waals surface area contributed by atoms with Gasteiger partial charge >= 0.3 is 0 Å². The average molecular weight is 673 g/mol. The van der Waals surface area contributed by atoms with Gasteiger partial charge in [-0.2, -0.15) is 4.31 Å². The summed E-state index contributed by atoms with van der Waals surface area (Å²) in [6.07, 6.45) is 5.70. The maximum Gasteiger partial charge on any atom is 0.273 e. The molecule has 0 saturated carbocycles. The number of carbonyl (C=O) groups excluding carboxylic acids is 1. The topological polar surface area (TPSA) is 118 Å². The smallest absolute Gasteiger partial charge is 0.273 e. The molecule has 7 rings (SSSR count). The van der Waals surface area contributed by atoms with Gasteiger partial charge in [0.05, 0.1) is 10.7 Å². The summed E-state index contributed by atoms with van der Waals surface area (Å²) in [4.78, 5) is 13.2. The van der Waals surface area contributed by atoms with Crippen LogP contribution in [0.1, 0.15) is 60.4 Å². The first-order valence-corrected chi connectivity index (χ1v) is 16.6. The van der Waals surface area contributed by atoms with Crippen LogP contribution in [0.2, 0.25) is 5.02 Å². The number of carbonyl (C=O) groups is 1. The number of sulfonamides is 1. The monoisotopic (exact) mass is 672 g/mol. The number of halogens is 4. The zero-order valence-electron chi connectivity index (χ0n) is 24.2. The Morgan fingerprint density at radius 3 is 2.41 bits per heavy atom. The molecule has 240 valence electrons. The maximum absolute atomic E-state index is 14.5. The quantitative estimate of drug-likeness (QED) is 0.227. The molecule has 2 saturated heterocycles. The highest BCUT2D eigenvalue weighted by Crippen LogP contribution is 2.49. The molecule has 3 aliphatic heterocycles. The fraction of sp³-hybridized carbons (Fsp3) is 0.312. The number of rotatable bonds is 6. The minimum atomic E-state index is -4.34. The molecular weight excluding hydrogens is 645 g/mol. The minimum absolute atomic E-state index is 0.0715. The number of benzene rings is 2. The summed E-state index contributed by atoms with van der Waals surface area (Å²) in [7, 11) is -4.34. The lowest BCUT2D eigenvalue weighted by atomic mass is 9.84. The first kappa shape index (κ1) is 30.7. The number of nitrogens with zero attached hydrogens (tertiary/aromatic N) is 3. The van der Waals surface area contributed by atoms with Crippen LogP contribution >= 0.6 is 11.6 Å². The van der Waals surface area contributed by atoms with E-state index in [-0.39, 0.29) is 46.4 Å². The summed E-state index contributed by atoms with van der Waals surface area (Å²) >= 11 is 6.75. The molecular formula is C32H28ClF3N4O5S. The van der Waals surface area contributed by atoms with E-state index < -0.39 is 51.1 Å². The summed E-state index contributed by atoms with van der Waals surface area (Å²) in [5.41, 5.74) is -0.679. The molecule has 2 aromatic heterocycles. The molecule has 2 atom stereocenters. The Balaban J connectivity index is 1.22. The summed E-state index contributed by atoms with van der Waals surface area (Å²) in [5.74, 6) is -5.11. The predicted molar refractivity (Wildman–Crippen MR) is 163 cm³/mol. The first-order valence-electron chi connectivity index (χ1n) is 14.8. The Bertz CT molecular complexity index is 1960. The van der Waals surface area contributed by atoms with E-state index in [2.05, 4.69) is 10.5 Å². The number of anilines is 1. The molecule has 2 N–H and O–H groups in total. The van der Waals surface area contributed by atoms with E-state index in [1.54, 1.807) is 18.2 Å². The van der Waals surface area contributed by atoms with Crippen LogP contribution in [0.4, 0.5) is 18.9 Å². The highest BCUT2D eigenvalue weighted by atomic mass is 35.5. The Kier molecular flexibility index (Phi) is 7.62. The molecule has 0 radical (unpaired) electrons. The predicted octanol–water partition coefficient (Wildman–Crippen LogP) is 6.48. The Labute approximate surface area is 267 Å². The second-order valence-electron chi connectivity index (χ2n) is 11.9. The van der Waals surface area contributed by atoms with Crippen molar-refractivity contribution < 1.29 is 36.0 Å². The van der Waals surface area contributed by atoms with Gasteiger partial charge in [0, 0.05) is 48.1 Å². The lowest BCUT2D eigenvalue weighted by molar-refractivity contribution is -0.0393. The van der Waals surface area contributed by atoms with E-state index >= 15 is 0 Å². The Morgan fingerprint density at radius 2 is 1.74 bits per heavy atom. The maximum atomic E-state index is 14.5. The molecule has 2 aromatic carbocycles. The van der Waals surface area contributed by atoms with Crippen LogP contribution in [-0.4, -0.2) is 45.5 Å². The number of nitrogens with one attached hydrogen (secondary N) is 1. The standard InChI is InChI=1S/C32H28ClF3N4O5S/c33-27-29(31(41)37-19-13-22(34)28(36)23(35)14-19)39-12-6-2-5-9-24(39)30(27)46(43,44)40-20-10-11-21(40)17-32(42,16-20)26-15-25(45-38-26)18-7-3-1-4-8-18/h1,3-5,7-9,13-15,20-21,42H,2,6,10-12,16-17H2,(H,37,41). The third-order valence-electron chi connectivity index (χ3n) is 8.97. The zero-order chi connectivity index (χ0) is 32.4. The van der Waals surface area contributed by atoms with Gasteiger partial charge < -0.3 is 19.5 Å². The summed E-state index contributed by atoms with van der Waals surface area (Å²) < 4.78 is 78.7. The van der Waals surface area contributed by atoms with E-state index in [9.17, 15) is 31.5 Å². The lowest BCUT2D eigenvalue weighted by Crippen LogP contribution is -2.52. The largest absolute Gasteiger partial charge is 0.383 e. The van der Waals surface area contributed by atoms with Gasteiger partial charge in [0.15, 0.2) is 23.2 Å². The van der Waals surface area contributed by atoms with Gasteiger partial charge in [-0.05, 0) is 44.6 Å². The third-order valence-corrected chi connectivity index (χ3v) is 11.5. The van der Waals surface area contributed by atoms with Crippen molar-refractivity contribution in [1.82, 2.24) is 14.0 Å². The summed E-state index contributed by atoms with van der Waals surface area (Å²) in [6.45, 7) is 0.245. The van der Waals surface area contributed by atoms with Crippen molar-refractivity contribution in [3.8, 4) is 11.3 Å². The van der Waals surface area contributed by atoms with Crippen LogP contribution < -0.4 is 5.32 Å². The van der Waals surface area contributed by atoms with Gasteiger partial charge in [-0.3, -0.25) is 4.79 Å². The molecule has 0 spiro atoms. The molecule has 2 fully saturated rings. The van der Waals surface area contributed by atoms with E-state index in [0.717, 1.165) is 5.56 Å². The fourth-order valence-corrected chi connectivity index (χ4v) is 9.65. The molecule has 9 nitrogen and oxygen atoms in total. The number of hydrogen-bond donors (Lipinski definition) is 2. The molecule has 46 heavy (non-hydrogen) atoms. The number of piperidine rings is 1. The van der Waals surface area contributed by atoms with Crippen molar-refractivity contribution >= 4 is 39.3 Å². The molecule has 14 heteroatoms. The van der Waals surface area contributed by atoms with Gasteiger partial charge in [0.2, 0.25) is 10.0 Å². The highest BCUT2D eigenvalue weighted by molar-refractivity contribution is 7.89. The van der Waals surface area contributed by atoms with Crippen LogP contribution in [0, 0.1) is 17.5 Å². The molecule has 1 amide bonds. The normalized spacial score (nSPS) is 22.9. The number of aromatic nitrogens is 2. The van der Waals surface area contributed by atoms with Crippen LogP contribution in [0.15, 0.2) is 64.0 Å². The number of fused-ring (bicyclic) bond motifs is 3. The lowest BCUT2D eigenvalue weighted by Gasteiger charge is -2.41. The molecule has 2 unspecified atom stereocenters. The van der Waals surface area contributed by atoms with E-state index in [1.807, 2.05) is 30.3 Å². The van der Waals surface area contributed by atoms with Gasteiger partial charge in [0.25, 0.3) is 5.91 Å². The molecule has 4 aromatic rings. The van der Waals surface area contributed by atoms with Gasteiger partial charge in [-0.1, -0.05) is 53.2 Å². The number of hydrogen-bond acceptors (Lipinski definition) is 6. The summed E-state index contributed by atoms with van der Waals surface area (Å²) in [6, 6.07) is 11.1. The number of allylic oxidation sites excluding steroid dienone is 1. The first-order chi connectivity index (χ1) is 22.0. The van der Waals surface area contributed by atoms with Crippen molar-refractivity contribution in [2.45, 2.75) is 67.6 Å². The van der Waals surface area contributed by atoms with E-state index in [0.29, 0.717) is 49.3 Å². The minimum Gasteiger partial charge on any atom is -0.383 e. The number of aliphatic hydroxyl groups is 1. The van der Waals surface area contributed by atoms with E-state index in [4.69, 9.17) is 16.1 Å². The average Bonchev–Trinajstić information content (AvgIpc) is 3.65. The third kappa shape index (κ3) is 5.05. The van der Waals surface area contributed by atoms with Gasteiger partial charge in [-0.15, -0.1) is 0 Å². The highest BCUT2D eigenvalue weighted by Gasteiger charge is 2.55. The Hall–Kier alpha value is -3.91.